The summed E-state index contributed by atoms with van der Waals surface area (Å²) in [7, 11) is 1.14. The fourth-order valence-corrected chi connectivity index (χ4v) is 1.98. The number of hydrogen-bond acceptors (Lipinski definition) is 9. The first-order valence-corrected chi connectivity index (χ1v) is 6.95. The maximum atomic E-state index is 11.9. The first-order valence-electron chi connectivity index (χ1n) is 6.95. The molecule has 0 aromatic heterocycles. The van der Waals surface area contributed by atoms with Crippen molar-refractivity contribution in [2.45, 2.75) is 19.6 Å². The molecule has 10 heteroatoms. The molecule has 0 saturated carbocycles. The Balaban J connectivity index is 2.37. The third kappa shape index (κ3) is 3.91. The molecule has 0 bridgehead atoms. The number of nitro benzene ring substituents is 1. The molecule has 1 aromatic carbocycles. The van der Waals surface area contributed by atoms with Crippen molar-refractivity contribution in [3.05, 3.63) is 45.6 Å². The van der Waals surface area contributed by atoms with Gasteiger partial charge >= 0.3 is 17.9 Å². The monoisotopic (exact) mass is 350 g/mol. The van der Waals surface area contributed by atoms with Gasteiger partial charge in [0, 0.05) is 32.2 Å². The second-order valence-corrected chi connectivity index (χ2v) is 5.36. The van der Waals surface area contributed by atoms with Crippen LogP contribution in [0.5, 0.6) is 0 Å². The highest BCUT2D eigenvalue weighted by atomic mass is 16.7. The van der Waals surface area contributed by atoms with Crippen molar-refractivity contribution in [3.63, 3.8) is 0 Å². The highest BCUT2D eigenvalue weighted by molar-refractivity contribution is 6.15. The fraction of sp³-hybridized carbons (Fsp3) is 0.267. The molecule has 132 valence electrons. The van der Waals surface area contributed by atoms with E-state index in [9.17, 15) is 24.5 Å². The molecule has 1 N–H and O–H groups in total. The minimum absolute atomic E-state index is 0.0252. The van der Waals surface area contributed by atoms with E-state index in [0.29, 0.717) is 0 Å². The van der Waals surface area contributed by atoms with Crippen LogP contribution in [0, 0.1) is 10.1 Å². The highest BCUT2D eigenvalue weighted by Crippen LogP contribution is 2.26. The quantitative estimate of drug-likeness (QED) is 0.282. The average Bonchev–Trinajstić information content (AvgIpc) is 2.51. The number of cyclic esters (lactones) is 2. The number of benzene rings is 1. The van der Waals surface area contributed by atoms with Crippen LogP contribution in [0.1, 0.15) is 24.2 Å². The average molecular weight is 350 g/mol. The first-order chi connectivity index (χ1) is 11.6. The van der Waals surface area contributed by atoms with E-state index >= 15 is 0 Å². The number of hydrogen-bond donors (Lipinski definition) is 1. The summed E-state index contributed by atoms with van der Waals surface area (Å²) in [5, 5.41) is 13.4. The van der Waals surface area contributed by atoms with Crippen LogP contribution >= 0.6 is 0 Å². The van der Waals surface area contributed by atoms with Crippen LogP contribution in [0.2, 0.25) is 0 Å². The Morgan fingerprint density at radius 1 is 1.28 bits per heavy atom. The summed E-state index contributed by atoms with van der Waals surface area (Å²) in [6.07, 6.45) is 0.950. The van der Waals surface area contributed by atoms with Crippen LogP contribution in [-0.4, -0.2) is 35.7 Å². The van der Waals surface area contributed by atoms with Crippen molar-refractivity contribution in [2.24, 2.45) is 0 Å². The number of rotatable bonds is 4. The maximum Gasteiger partial charge on any atom is 0.350 e. The molecule has 1 heterocycles. The number of carbonyl (C=O) groups is 3. The van der Waals surface area contributed by atoms with Crippen molar-refractivity contribution in [1.29, 1.82) is 0 Å². The second kappa shape index (κ2) is 6.59. The summed E-state index contributed by atoms with van der Waals surface area (Å²) in [4.78, 5) is 45.7. The number of nitro groups is 1. The molecular formula is C15H14N2O8. The summed E-state index contributed by atoms with van der Waals surface area (Å²) in [6, 6.07) is 3.37. The lowest BCUT2D eigenvalue weighted by Gasteiger charge is -2.29. The predicted octanol–water partition coefficient (Wildman–Crippen LogP) is 1.51. The number of nitrogens with zero attached hydrogens (tertiary/aromatic N) is 1. The summed E-state index contributed by atoms with van der Waals surface area (Å²) >= 11 is 0. The van der Waals surface area contributed by atoms with Gasteiger partial charge in [0.25, 0.3) is 11.5 Å². The zero-order valence-electron chi connectivity index (χ0n) is 13.5. The number of methoxy groups -OCH3 is 1. The van der Waals surface area contributed by atoms with Crippen LogP contribution < -0.4 is 5.32 Å². The third-order valence-corrected chi connectivity index (χ3v) is 3.11. The number of anilines is 1. The molecule has 0 atom stereocenters. The SMILES string of the molecule is COC(=O)c1ccc([N+](=O)[O-])cc1NC=C1C(=O)OC(C)(C)OC1=O. The topological polar surface area (TPSA) is 134 Å². The van der Waals surface area contributed by atoms with Gasteiger partial charge in [-0.1, -0.05) is 0 Å². The van der Waals surface area contributed by atoms with Gasteiger partial charge in [-0.15, -0.1) is 0 Å². The van der Waals surface area contributed by atoms with Gasteiger partial charge in [-0.25, -0.2) is 14.4 Å². The highest BCUT2D eigenvalue weighted by Gasteiger charge is 2.39. The van der Waals surface area contributed by atoms with Gasteiger partial charge in [0.2, 0.25) is 0 Å². The van der Waals surface area contributed by atoms with Crippen LogP contribution in [-0.2, 0) is 23.8 Å². The number of nitrogens with one attached hydrogen (secondary N) is 1. The molecule has 1 aliphatic rings. The van der Waals surface area contributed by atoms with E-state index in [4.69, 9.17) is 9.47 Å². The summed E-state index contributed by atoms with van der Waals surface area (Å²) in [5.74, 6) is -4.02. The van der Waals surface area contributed by atoms with Gasteiger partial charge in [0.1, 0.15) is 0 Å². The molecular weight excluding hydrogens is 336 g/mol. The van der Waals surface area contributed by atoms with Crippen LogP contribution in [0.4, 0.5) is 11.4 Å². The van der Waals surface area contributed by atoms with Crippen molar-refractivity contribution in [1.82, 2.24) is 0 Å². The molecule has 1 aliphatic heterocycles. The Morgan fingerprint density at radius 2 is 1.88 bits per heavy atom. The number of non-ortho nitro benzene ring substituents is 1. The molecule has 0 amide bonds. The van der Waals surface area contributed by atoms with E-state index in [-0.39, 0.29) is 16.9 Å². The van der Waals surface area contributed by atoms with E-state index < -0.39 is 34.2 Å². The second-order valence-electron chi connectivity index (χ2n) is 5.36. The van der Waals surface area contributed by atoms with E-state index in [2.05, 4.69) is 10.1 Å². The van der Waals surface area contributed by atoms with Gasteiger partial charge in [-0.05, 0) is 6.07 Å². The smallest absolute Gasteiger partial charge is 0.350 e. The lowest BCUT2D eigenvalue weighted by molar-refractivity contribution is -0.384. The maximum absolute atomic E-state index is 11.9. The number of ether oxygens (including phenoxy) is 3. The summed E-state index contributed by atoms with van der Waals surface area (Å²) in [5.41, 5.74) is -0.813. The largest absolute Gasteiger partial charge is 0.465 e. The molecule has 25 heavy (non-hydrogen) atoms. The zero-order valence-corrected chi connectivity index (χ0v) is 13.5. The molecule has 1 aromatic rings. The van der Waals surface area contributed by atoms with Gasteiger partial charge in [-0.2, -0.15) is 0 Å². The Labute approximate surface area is 141 Å². The van der Waals surface area contributed by atoms with Gasteiger partial charge in [0.05, 0.1) is 23.3 Å². The summed E-state index contributed by atoms with van der Waals surface area (Å²) in [6.45, 7) is 2.78. The van der Waals surface area contributed by atoms with Gasteiger partial charge in [-0.3, -0.25) is 10.1 Å². The van der Waals surface area contributed by atoms with Crippen LogP contribution in [0.15, 0.2) is 30.0 Å². The van der Waals surface area contributed by atoms with E-state index in [1.807, 2.05) is 0 Å². The molecule has 10 nitrogen and oxygen atoms in total. The van der Waals surface area contributed by atoms with E-state index in [0.717, 1.165) is 25.4 Å². The van der Waals surface area contributed by atoms with Crippen molar-refractivity contribution in [3.8, 4) is 0 Å². The minimum atomic E-state index is -1.39. The zero-order chi connectivity index (χ0) is 18.8. The number of carbonyl (C=O) groups excluding carboxylic acids is 3. The Morgan fingerprint density at radius 3 is 2.40 bits per heavy atom. The molecule has 0 spiro atoms. The Hall–Kier alpha value is -3.43. The van der Waals surface area contributed by atoms with E-state index in [1.54, 1.807) is 0 Å². The molecule has 1 saturated heterocycles. The minimum Gasteiger partial charge on any atom is -0.465 e. The van der Waals surface area contributed by atoms with E-state index in [1.165, 1.54) is 19.9 Å². The van der Waals surface area contributed by atoms with Crippen LogP contribution in [0.3, 0.4) is 0 Å². The lowest BCUT2D eigenvalue weighted by atomic mass is 10.1. The van der Waals surface area contributed by atoms with Crippen LogP contribution in [0.25, 0.3) is 0 Å². The van der Waals surface area contributed by atoms with Gasteiger partial charge < -0.3 is 19.5 Å². The third-order valence-electron chi connectivity index (χ3n) is 3.11. The molecule has 0 aliphatic carbocycles. The fourth-order valence-electron chi connectivity index (χ4n) is 1.98. The lowest BCUT2D eigenvalue weighted by Crippen LogP contribution is -2.42. The standard InChI is InChI=1S/C15H14N2O8/c1-15(2)24-13(19)10(14(20)25-15)7-16-11-6-8(17(21)22)4-5-9(11)12(18)23-3/h4-7,16H,1-3H3. The number of esters is 3. The Kier molecular flexibility index (Phi) is 4.72. The predicted molar refractivity (Wildman–Crippen MR) is 82.4 cm³/mol. The van der Waals surface area contributed by atoms with Gasteiger partial charge in [0.15, 0.2) is 5.57 Å². The molecule has 0 radical (unpaired) electrons. The molecule has 0 unspecified atom stereocenters. The molecule has 2 rings (SSSR count). The van der Waals surface area contributed by atoms with Crippen molar-refractivity contribution in [2.75, 3.05) is 12.4 Å². The van der Waals surface area contributed by atoms with Crippen molar-refractivity contribution >= 4 is 29.3 Å². The van der Waals surface area contributed by atoms with Crippen molar-refractivity contribution < 1.29 is 33.5 Å². The first kappa shape index (κ1) is 17.9. The Bertz CT molecular complexity index is 775. The molecule has 1 fully saturated rings. The summed E-state index contributed by atoms with van der Waals surface area (Å²) < 4.78 is 14.4. The normalized spacial score (nSPS) is 15.7.